The Labute approximate surface area is 130 Å². The third kappa shape index (κ3) is 11.6. The molecule has 0 radical (unpaired) electrons. The predicted molar refractivity (Wildman–Crippen MR) is 52.5 cm³/mol. The summed E-state index contributed by atoms with van der Waals surface area (Å²) in [5, 5.41) is 0. The molecular formula is C9H19KO3S. The number of rotatable bonds is 6. The van der Waals surface area contributed by atoms with E-state index in [4.69, 9.17) is 0 Å². The quantitative estimate of drug-likeness (QED) is 0.348. The Hall–Kier alpha value is 1.55. The van der Waals surface area contributed by atoms with E-state index >= 15 is 0 Å². The van der Waals surface area contributed by atoms with Gasteiger partial charge in [0.1, 0.15) is 0 Å². The van der Waals surface area contributed by atoms with Crippen molar-refractivity contribution < 1.29 is 64.4 Å². The average molecular weight is 246 g/mol. The van der Waals surface area contributed by atoms with E-state index < -0.39 is 10.1 Å². The van der Waals surface area contributed by atoms with Gasteiger partial charge >= 0.3 is 51.4 Å². The third-order valence-corrected chi connectivity index (χ3v) is 3.24. The van der Waals surface area contributed by atoms with Crippen LogP contribution in [0.5, 0.6) is 0 Å². The zero-order valence-electron chi connectivity index (χ0n) is 9.67. The summed E-state index contributed by atoms with van der Waals surface area (Å²) in [5.74, 6) is -0.215. The molecule has 0 saturated heterocycles. The summed E-state index contributed by atoms with van der Waals surface area (Å²) in [6.07, 6.45) is 3.38. The van der Waals surface area contributed by atoms with E-state index in [-0.39, 0.29) is 62.6 Å². The second-order valence-corrected chi connectivity index (χ2v) is 5.76. The fourth-order valence-corrected chi connectivity index (χ4v) is 1.62. The Morgan fingerprint density at radius 2 is 1.71 bits per heavy atom. The van der Waals surface area contributed by atoms with Gasteiger partial charge in [-0.1, -0.05) is 33.6 Å². The Bertz CT molecular complexity index is 234. The van der Waals surface area contributed by atoms with E-state index in [1.165, 1.54) is 0 Å². The average Bonchev–Trinajstić information content (AvgIpc) is 1.97. The van der Waals surface area contributed by atoms with Crippen LogP contribution in [0.25, 0.3) is 0 Å². The smallest absolute Gasteiger partial charge is 0.748 e. The van der Waals surface area contributed by atoms with Gasteiger partial charge in [-0.2, -0.15) is 0 Å². The van der Waals surface area contributed by atoms with Crippen molar-refractivity contribution in [3.8, 4) is 0 Å². The summed E-state index contributed by atoms with van der Waals surface area (Å²) >= 11 is 0. The maximum Gasteiger partial charge on any atom is 1.00 e. The van der Waals surface area contributed by atoms with E-state index in [0.717, 1.165) is 19.3 Å². The Kier molecular flexibility index (Phi) is 9.94. The van der Waals surface area contributed by atoms with Crippen molar-refractivity contribution in [2.75, 3.05) is 5.75 Å². The van der Waals surface area contributed by atoms with Crippen LogP contribution in [0.4, 0.5) is 0 Å². The molecule has 0 amide bonds. The van der Waals surface area contributed by atoms with Gasteiger partial charge in [0.25, 0.3) is 0 Å². The van der Waals surface area contributed by atoms with Crippen molar-refractivity contribution in [3.63, 3.8) is 0 Å². The summed E-state index contributed by atoms with van der Waals surface area (Å²) in [6.45, 7) is 6.42. The molecule has 0 aromatic heterocycles. The van der Waals surface area contributed by atoms with Crippen LogP contribution < -0.4 is 51.4 Å². The summed E-state index contributed by atoms with van der Waals surface area (Å²) in [6, 6.07) is 0. The molecule has 0 atom stereocenters. The van der Waals surface area contributed by atoms with Crippen molar-refractivity contribution in [1.29, 1.82) is 0 Å². The molecule has 0 heterocycles. The Balaban J connectivity index is 0. The molecule has 0 aliphatic rings. The summed E-state index contributed by atoms with van der Waals surface area (Å²) in [5.41, 5.74) is 0.270. The van der Waals surface area contributed by atoms with Crippen molar-refractivity contribution in [2.24, 2.45) is 5.41 Å². The zero-order valence-corrected chi connectivity index (χ0v) is 13.6. The molecule has 5 heteroatoms. The molecule has 0 fully saturated rings. The summed E-state index contributed by atoms with van der Waals surface area (Å²) in [4.78, 5) is 0. The molecule has 0 unspecified atom stereocenters. The van der Waals surface area contributed by atoms with Crippen molar-refractivity contribution >= 4 is 10.1 Å². The van der Waals surface area contributed by atoms with E-state index in [0.29, 0.717) is 6.42 Å². The van der Waals surface area contributed by atoms with E-state index in [1.54, 1.807) is 0 Å². The van der Waals surface area contributed by atoms with Crippen LogP contribution in [0.3, 0.4) is 0 Å². The minimum absolute atomic E-state index is 0. The minimum atomic E-state index is -4.00. The van der Waals surface area contributed by atoms with Gasteiger partial charge in [-0.3, -0.25) is 0 Å². The molecule has 0 aliphatic carbocycles. The molecular weight excluding hydrogens is 227 g/mol. The van der Waals surface area contributed by atoms with E-state index in [9.17, 15) is 13.0 Å². The first-order valence-corrected chi connectivity index (χ1v) is 6.28. The first kappa shape index (κ1) is 17.9. The maximum atomic E-state index is 10.3. The molecule has 0 spiro atoms. The SMILES string of the molecule is CCC(C)(C)CCCCS(=O)(=O)[O-].[K+]. The molecule has 0 aliphatic heterocycles. The fourth-order valence-electron chi connectivity index (χ4n) is 1.06. The topological polar surface area (TPSA) is 57.2 Å². The second kappa shape index (κ2) is 7.76. The molecule has 0 N–H and O–H groups in total. The van der Waals surface area contributed by atoms with Crippen molar-refractivity contribution in [1.82, 2.24) is 0 Å². The van der Waals surface area contributed by atoms with Gasteiger partial charge in [-0.05, 0) is 18.3 Å². The monoisotopic (exact) mass is 246 g/mol. The van der Waals surface area contributed by atoms with Gasteiger partial charge < -0.3 is 4.55 Å². The first-order chi connectivity index (χ1) is 5.77. The molecule has 14 heavy (non-hydrogen) atoms. The van der Waals surface area contributed by atoms with Gasteiger partial charge in [0.15, 0.2) is 0 Å². The van der Waals surface area contributed by atoms with E-state index in [1.807, 2.05) is 0 Å². The molecule has 80 valence electrons. The molecule has 0 aromatic rings. The van der Waals surface area contributed by atoms with Gasteiger partial charge in [0.2, 0.25) is 0 Å². The van der Waals surface area contributed by atoms with Gasteiger partial charge in [0.05, 0.1) is 10.1 Å². The molecule has 0 bridgehead atoms. The molecule has 0 aromatic carbocycles. The van der Waals surface area contributed by atoms with Crippen molar-refractivity contribution in [3.05, 3.63) is 0 Å². The largest absolute Gasteiger partial charge is 1.00 e. The number of hydrogen-bond acceptors (Lipinski definition) is 3. The molecule has 3 nitrogen and oxygen atoms in total. The van der Waals surface area contributed by atoms with Crippen LogP contribution in [0.1, 0.15) is 46.5 Å². The number of hydrogen-bond donors (Lipinski definition) is 0. The van der Waals surface area contributed by atoms with Crippen LogP contribution in [-0.4, -0.2) is 18.7 Å². The van der Waals surface area contributed by atoms with Gasteiger partial charge in [-0.25, -0.2) is 8.42 Å². The van der Waals surface area contributed by atoms with Crippen LogP contribution in [0.2, 0.25) is 0 Å². The Morgan fingerprint density at radius 1 is 1.21 bits per heavy atom. The zero-order chi connectivity index (χ0) is 10.5. The van der Waals surface area contributed by atoms with Crippen LogP contribution >= 0.6 is 0 Å². The predicted octanol–water partition coefficient (Wildman–Crippen LogP) is -0.858. The normalized spacial score (nSPS) is 12.3. The summed E-state index contributed by atoms with van der Waals surface area (Å²) < 4.78 is 30.8. The minimum Gasteiger partial charge on any atom is -0.748 e. The standard InChI is InChI=1S/C9H20O3S.K/c1-4-9(2,3)7-5-6-8-13(10,11)12;/h4-8H2,1-3H3,(H,10,11,12);/q;+1/p-1. The summed E-state index contributed by atoms with van der Waals surface area (Å²) in [7, 11) is -4.00. The van der Waals surface area contributed by atoms with Gasteiger partial charge in [0, 0.05) is 5.75 Å². The number of unbranched alkanes of at least 4 members (excludes halogenated alkanes) is 1. The van der Waals surface area contributed by atoms with Crippen LogP contribution in [0, 0.1) is 5.41 Å². The van der Waals surface area contributed by atoms with Crippen LogP contribution in [0.15, 0.2) is 0 Å². The molecule has 0 rings (SSSR count). The van der Waals surface area contributed by atoms with Gasteiger partial charge in [-0.15, -0.1) is 0 Å². The van der Waals surface area contributed by atoms with Crippen molar-refractivity contribution in [2.45, 2.75) is 46.5 Å². The third-order valence-electron chi connectivity index (χ3n) is 2.45. The first-order valence-electron chi connectivity index (χ1n) is 4.70. The molecule has 0 saturated carbocycles. The second-order valence-electron chi connectivity index (χ2n) is 4.24. The Morgan fingerprint density at radius 3 is 2.07 bits per heavy atom. The van der Waals surface area contributed by atoms with E-state index in [2.05, 4.69) is 20.8 Å². The fraction of sp³-hybridized carbons (Fsp3) is 1.00. The van der Waals surface area contributed by atoms with Crippen LogP contribution in [-0.2, 0) is 10.1 Å². The maximum absolute atomic E-state index is 10.3.